The number of carbonyl (C=O) groups excluding carboxylic acids is 1. The van der Waals surface area contributed by atoms with Gasteiger partial charge < -0.3 is 15.5 Å². The van der Waals surface area contributed by atoms with Gasteiger partial charge in [0.1, 0.15) is 6.33 Å². The lowest BCUT2D eigenvalue weighted by Gasteiger charge is -2.21. The summed E-state index contributed by atoms with van der Waals surface area (Å²) >= 11 is 0. The normalized spacial score (nSPS) is 9.95. The van der Waals surface area contributed by atoms with Crippen molar-refractivity contribution in [1.82, 2.24) is 15.3 Å². The predicted molar refractivity (Wildman–Crippen MR) is 74.8 cm³/mol. The van der Waals surface area contributed by atoms with Crippen molar-refractivity contribution >= 4 is 23.2 Å². The molecule has 0 bridgehead atoms. The molecule has 2 N–H and O–H groups in total. The number of hydrogen-bond donors (Lipinski definition) is 2. The Morgan fingerprint density at radius 3 is 2.65 bits per heavy atom. The first-order valence-electron chi connectivity index (χ1n) is 6.23. The van der Waals surface area contributed by atoms with Gasteiger partial charge in [-0.15, -0.1) is 0 Å². The van der Waals surface area contributed by atoms with E-state index in [-0.39, 0.29) is 29.8 Å². The zero-order valence-corrected chi connectivity index (χ0v) is 11.7. The van der Waals surface area contributed by atoms with E-state index in [0.29, 0.717) is 13.1 Å². The number of hydrogen-bond acceptors (Lipinski definition) is 7. The van der Waals surface area contributed by atoms with Crippen molar-refractivity contribution in [2.24, 2.45) is 0 Å². The van der Waals surface area contributed by atoms with Crippen LogP contribution in [-0.2, 0) is 4.79 Å². The van der Waals surface area contributed by atoms with E-state index in [9.17, 15) is 14.9 Å². The average Bonchev–Trinajstić information content (AvgIpc) is 2.44. The van der Waals surface area contributed by atoms with Gasteiger partial charge in [-0.3, -0.25) is 14.9 Å². The second-order valence-electron chi connectivity index (χ2n) is 3.87. The molecule has 0 saturated heterocycles. The summed E-state index contributed by atoms with van der Waals surface area (Å²) in [5.41, 5.74) is -0.222. The van der Waals surface area contributed by atoms with Crippen molar-refractivity contribution in [3.8, 4) is 0 Å². The van der Waals surface area contributed by atoms with Gasteiger partial charge in [0.05, 0.1) is 11.5 Å². The van der Waals surface area contributed by atoms with Crippen molar-refractivity contribution in [2.75, 3.05) is 36.9 Å². The van der Waals surface area contributed by atoms with E-state index in [0.717, 1.165) is 0 Å². The molecule has 0 radical (unpaired) electrons. The molecule has 1 heterocycles. The van der Waals surface area contributed by atoms with Gasteiger partial charge in [0, 0.05) is 20.1 Å². The Kier molecular flexibility index (Phi) is 5.63. The minimum absolute atomic E-state index is 0.00355. The molecule has 0 spiro atoms. The summed E-state index contributed by atoms with van der Waals surface area (Å²) in [5.74, 6) is 0.0367. The van der Waals surface area contributed by atoms with Crippen molar-refractivity contribution < 1.29 is 9.72 Å². The first kappa shape index (κ1) is 15.6. The molecule has 0 aliphatic heterocycles. The fourth-order valence-electron chi connectivity index (χ4n) is 1.65. The Morgan fingerprint density at radius 1 is 1.45 bits per heavy atom. The number of carbonyl (C=O) groups is 1. The van der Waals surface area contributed by atoms with Crippen LogP contribution in [0, 0.1) is 10.1 Å². The van der Waals surface area contributed by atoms with E-state index in [1.165, 1.54) is 18.3 Å². The SMILES string of the molecule is CCNc1ncnc(N(CC)CC(=O)NC)c1[N+](=O)[O-]. The maximum Gasteiger partial charge on any atom is 0.353 e. The zero-order valence-electron chi connectivity index (χ0n) is 11.7. The Balaban J connectivity index is 3.23. The molecule has 1 rings (SSSR count). The van der Waals surface area contributed by atoms with E-state index in [1.807, 2.05) is 6.92 Å². The van der Waals surface area contributed by atoms with Crippen LogP contribution >= 0.6 is 0 Å². The largest absolute Gasteiger partial charge is 0.364 e. The Morgan fingerprint density at radius 2 is 2.15 bits per heavy atom. The molecule has 0 saturated carbocycles. The molecule has 9 heteroatoms. The van der Waals surface area contributed by atoms with Gasteiger partial charge in [-0.25, -0.2) is 9.97 Å². The second-order valence-corrected chi connectivity index (χ2v) is 3.87. The fraction of sp³-hybridized carbons (Fsp3) is 0.545. The van der Waals surface area contributed by atoms with Gasteiger partial charge >= 0.3 is 5.69 Å². The number of nitrogens with zero attached hydrogens (tertiary/aromatic N) is 4. The zero-order chi connectivity index (χ0) is 15.1. The third-order valence-electron chi connectivity index (χ3n) is 2.62. The van der Waals surface area contributed by atoms with E-state index < -0.39 is 4.92 Å². The molecule has 1 aromatic rings. The number of anilines is 2. The molecule has 0 aliphatic carbocycles. The van der Waals surface area contributed by atoms with Gasteiger partial charge in [-0.2, -0.15) is 0 Å². The number of amides is 1. The highest BCUT2D eigenvalue weighted by Crippen LogP contribution is 2.31. The van der Waals surface area contributed by atoms with Crippen LogP contribution in [0.3, 0.4) is 0 Å². The van der Waals surface area contributed by atoms with Crippen molar-refractivity contribution in [3.63, 3.8) is 0 Å². The summed E-state index contributed by atoms with van der Waals surface area (Å²) in [6, 6.07) is 0. The summed E-state index contributed by atoms with van der Waals surface area (Å²) in [5, 5.41) is 16.6. The molecule has 1 amide bonds. The number of rotatable bonds is 7. The highest BCUT2D eigenvalue weighted by molar-refractivity contribution is 5.82. The van der Waals surface area contributed by atoms with Crippen molar-refractivity contribution in [1.29, 1.82) is 0 Å². The highest BCUT2D eigenvalue weighted by atomic mass is 16.6. The predicted octanol–water partition coefficient (Wildman–Crippen LogP) is 0.389. The van der Waals surface area contributed by atoms with Crippen molar-refractivity contribution in [2.45, 2.75) is 13.8 Å². The maximum absolute atomic E-state index is 11.5. The number of likely N-dealkylation sites (N-methyl/N-ethyl adjacent to an activating group) is 2. The molecule has 0 atom stereocenters. The summed E-state index contributed by atoms with van der Waals surface area (Å²) in [7, 11) is 1.51. The van der Waals surface area contributed by atoms with Crippen LogP contribution in [0.25, 0.3) is 0 Å². The first-order valence-corrected chi connectivity index (χ1v) is 6.23. The van der Waals surface area contributed by atoms with Gasteiger partial charge in [-0.05, 0) is 13.8 Å². The smallest absolute Gasteiger partial charge is 0.353 e. The molecule has 0 aliphatic rings. The van der Waals surface area contributed by atoms with Crippen LogP contribution in [-0.4, -0.2) is 47.5 Å². The third-order valence-corrected chi connectivity index (χ3v) is 2.62. The minimum Gasteiger partial charge on any atom is -0.364 e. The van der Waals surface area contributed by atoms with Crippen LogP contribution in [0.1, 0.15) is 13.8 Å². The lowest BCUT2D eigenvalue weighted by atomic mass is 10.3. The van der Waals surface area contributed by atoms with E-state index in [2.05, 4.69) is 20.6 Å². The van der Waals surface area contributed by atoms with Crippen LogP contribution in [0.5, 0.6) is 0 Å². The molecular formula is C11H18N6O3. The van der Waals surface area contributed by atoms with Gasteiger partial charge in [0.25, 0.3) is 0 Å². The topological polar surface area (TPSA) is 113 Å². The maximum atomic E-state index is 11.5. The van der Waals surface area contributed by atoms with Crippen LogP contribution < -0.4 is 15.5 Å². The Hall–Kier alpha value is -2.45. The van der Waals surface area contributed by atoms with Crippen LogP contribution in [0.2, 0.25) is 0 Å². The lowest BCUT2D eigenvalue weighted by Crippen LogP contribution is -2.36. The van der Waals surface area contributed by atoms with Crippen molar-refractivity contribution in [3.05, 3.63) is 16.4 Å². The van der Waals surface area contributed by atoms with E-state index >= 15 is 0 Å². The molecule has 1 aromatic heterocycles. The van der Waals surface area contributed by atoms with Crippen LogP contribution in [0.15, 0.2) is 6.33 Å². The third kappa shape index (κ3) is 3.53. The molecule has 0 fully saturated rings. The van der Waals surface area contributed by atoms with E-state index in [4.69, 9.17) is 0 Å². The summed E-state index contributed by atoms with van der Waals surface area (Å²) in [6.07, 6.45) is 1.24. The van der Waals surface area contributed by atoms with Crippen LogP contribution in [0.4, 0.5) is 17.3 Å². The Labute approximate surface area is 116 Å². The highest BCUT2D eigenvalue weighted by Gasteiger charge is 2.26. The van der Waals surface area contributed by atoms with Gasteiger partial charge in [0.2, 0.25) is 17.5 Å². The summed E-state index contributed by atoms with van der Waals surface area (Å²) in [6.45, 7) is 4.52. The molecule has 9 nitrogen and oxygen atoms in total. The average molecular weight is 282 g/mol. The number of aromatic nitrogens is 2. The monoisotopic (exact) mass is 282 g/mol. The standard InChI is InChI=1S/C11H18N6O3/c1-4-13-10-9(17(19)20)11(15-7-14-10)16(5-2)6-8(18)12-3/h7H,4-6H2,1-3H3,(H,12,18)(H,13,14,15). The Bertz CT molecular complexity index is 493. The number of nitrogens with one attached hydrogen (secondary N) is 2. The lowest BCUT2D eigenvalue weighted by molar-refractivity contribution is -0.383. The van der Waals surface area contributed by atoms with Gasteiger partial charge in [0.15, 0.2) is 0 Å². The first-order chi connectivity index (χ1) is 9.54. The summed E-state index contributed by atoms with van der Waals surface area (Å²) in [4.78, 5) is 31.5. The minimum atomic E-state index is -0.542. The van der Waals surface area contributed by atoms with E-state index in [1.54, 1.807) is 6.92 Å². The quantitative estimate of drug-likeness (QED) is 0.549. The molecule has 0 unspecified atom stereocenters. The molecule has 20 heavy (non-hydrogen) atoms. The number of nitro groups is 1. The summed E-state index contributed by atoms with van der Waals surface area (Å²) < 4.78 is 0. The molecule has 0 aromatic carbocycles. The fourth-order valence-corrected chi connectivity index (χ4v) is 1.65. The molecule has 110 valence electrons. The van der Waals surface area contributed by atoms with Gasteiger partial charge in [-0.1, -0.05) is 0 Å². The molecular weight excluding hydrogens is 264 g/mol. The second kappa shape index (κ2) is 7.22.